The average Bonchev–Trinajstić information content (AvgIpc) is 2.70. The zero-order valence-electron chi connectivity index (χ0n) is 11.4. The van der Waals surface area contributed by atoms with Crippen LogP contribution in [0.4, 0.5) is 0 Å². The van der Waals surface area contributed by atoms with Crippen LogP contribution < -0.4 is 16.0 Å². The molecule has 100 valence electrons. The van der Waals surface area contributed by atoms with Gasteiger partial charge in [0.15, 0.2) is 0 Å². The van der Waals surface area contributed by atoms with Crippen LogP contribution in [0.1, 0.15) is 46.5 Å². The fourth-order valence-electron chi connectivity index (χ4n) is 2.27. The van der Waals surface area contributed by atoms with Gasteiger partial charge < -0.3 is 10.6 Å². The molecule has 0 aliphatic carbocycles. The Bertz CT molecular complexity index is 237. The maximum absolute atomic E-state index is 11.8. The topological polar surface area (TPSA) is 53.2 Å². The summed E-state index contributed by atoms with van der Waals surface area (Å²) in [5, 5.41) is 9.73. The number of hydrogen-bond donors (Lipinski definition) is 3. The lowest BCUT2D eigenvalue weighted by atomic mass is 10.0. The molecule has 0 aromatic rings. The molecular weight excluding hydrogens is 214 g/mol. The van der Waals surface area contributed by atoms with Gasteiger partial charge >= 0.3 is 0 Å². The summed E-state index contributed by atoms with van der Waals surface area (Å²) in [5.41, 5.74) is 0.0696. The van der Waals surface area contributed by atoms with Crippen molar-refractivity contribution in [3.05, 3.63) is 0 Å². The van der Waals surface area contributed by atoms with Crippen molar-refractivity contribution in [1.29, 1.82) is 0 Å². The summed E-state index contributed by atoms with van der Waals surface area (Å²) in [7, 11) is 0. The molecule has 0 aromatic carbocycles. The second-order valence-corrected chi connectivity index (χ2v) is 5.35. The normalized spacial score (nSPS) is 25.8. The fourth-order valence-corrected chi connectivity index (χ4v) is 2.27. The number of carbonyl (C=O) groups is 1. The first kappa shape index (κ1) is 14.5. The number of nitrogens with one attached hydrogen (secondary N) is 3. The van der Waals surface area contributed by atoms with E-state index < -0.39 is 0 Å². The van der Waals surface area contributed by atoms with Crippen molar-refractivity contribution in [3.63, 3.8) is 0 Å². The van der Waals surface area contributed by atoms with Gasteiger partial charge in [-0.2, -0.15) is 0 Å². The van der Waals surface area contributed by atoms with Crippen molar-refractivity contribution in [3.8, 4) is 0 Å². The van der Waals surface area contributed by atoms with Crippen molar-refractivity contribution < 1.29 is 4.79 Å². The smallest absolute Gasteiger partial charge is 0.236 e. The van der Waals surface area contributed by atoms with E-state index in [0.29, 0.717) is 0 Å². The van der Waals surface area contributed by atoms with Crippen LogP contribution in [0.2, 0.25) is 0 Å². The first-order valence-corrected chi connectivity index (χ1v) is 6.83. The van der Waals surface area contributed by atoms with Crippen LogP contribution in [0.25, 0.3) is 0 Å². The zero-order chi connectivity index (χ0) is 12.7. The molecule has 17 heavy (non-hydrogen) atoms. The zero-order valence-corrected chi connectivity index (χ0v) is 11.4. The minimum atomic E-state index is -0.110. The highest BCUT2D eigenvalue weighted by Gasteiger charge is 2.31. The molecule has 0 spiro atoms. The van der Waals surface area contributed by atoms with Crippen LogP contribution in [0.15, 0.2) is 0 Å². The Balaban J connectivity index is 2.22. The molecule has 1 aliphatic heterocycles. The van der Waals surface area contributed by atoms with E-state index in [0.717, 1.165) is 32.5 Å². The average molecular weight is 241 g/mol. The quantitative estimate of drug-likeness (QED) is 0.583. The van der Waals surface area contributed by atoms with Crippen molar-refractivity contribution in [2.75, 3.05) is 19.6 Å². The fraction of sp³-hybridized carbons (Fsp3) is 0.923. The lowest BCUT2D eigenvalue weighted by molar-refractivity contribution is -0.123. The number of hydrogen-bond acceptors (Lipinski definition) is 3. The van der Waals surface area contributed by atoms with Gasteiger partial charge in [0.1, 0.15) is 0 Å². The second kappa shape index (κ2) is 6.97. The molecule has 0 saturated carbocycles. The molecule has 1 aliphatic rings. The van der Waals surface area contributed by atoms with Crippen molar-refractivity contribution in [1.82, 2.24) is 16.0 Å². The molecular formula is C13H27N3O. The third kappa shape index (κ3) is 5.04. The van der Waals surface area contributed by atoms with E-state index in [1.54, 1.807) is 0 Å². The van der Waals surface area contributed by atoms with Gasteiger partial charge in [0.05, 0.1) is 6.04 Å². The van der Waals surface area contributed by atoms with Gasteiger partial charge in [0, 0.05) is 18.6 Å². The van der Waals surface area contributed by atoms with E-state index in [2.05, 4.69) is 29.8 Å². The van der Waals surface area contributed by atoms with Crippen molar-refractivity contribution >= 4 is 5.91 Å². The summed E-state index contributed by atoms with van der Waals surface area (Å²) < 4.78 is 0. The SMILES string of the molecule is CCCCCNC(=O)C(C)NC1(C)CCNC1. The predicted octanol–water partition coefficient (Wildman–Crippen LogP) is 1.02. The first-order valence-electron chi connectivity index (χ1n) is 6.83. The predicted molar refractivity (Wildman–Crippen MR) is 71.0 cm³/mol. The Labute approximate surface area is 105 Å². The molecule has 0 aromatic heterocycles. The van der Waals surface area contributed by atoms with Gasteiger partial charge in [-0.3, -0.25) is 10.1 Å². The molecule has 0 bridgehead atoms. The summed E-state index contributed by atoms with van der Waals surface area (Å²) in [5.74, 6) is 0.120. The third-order valence-electron chi connectivity index (χ3n) is 3.41. The van der Waals surface area contributed by atoms with Gasteiger partial charge in [-0.25, -0.2) is 0 Å². The number of rotatable bonds is 7. The summed E-state index contributed by atoms with van der Waals surface area (Å²) in [6.07, 6.45) is 4.53. The van der Waals surface area contributed by atoms with Gasteiger partial charge in [-0.1, -0.05) is 19.8 Å². The van der Waals surface area contributed by atoms with E-state index in [1.165, 1.54) is 12.8 Å². The Morgan fingerprint density at radius 3 is 2.82 bits per heavy atom. The molecule has 2 unspecified atom stereocenters. The molecule has 0 radical (unpaired) electrons. The summed E-state index contributed by atoms with van der Waals surface area (Å²) in [4.78, 5) is 11.8. The van der Waals surface area contributed by atoms with Crippen LogP contribution in [0.5, 0.6) is 0 Å². The summed E-state index contributed by atoms with van der Waals surface area (Å²) >= 11 is 0. The molecule has 2 atom stereocenters. The molecule has 1 fully saturated rings. The maximum Gasteiger partial charge on any atom is 0.236 e. The van der Waals surface area contributed by atoms with Crippen LogP contribution >= 0.6 is 0 Å². The lowest BCUT2D eigenvalue weighted by Crippen LogP contribution is -2.54. The summed E-state index contributed by atoms with van der Waals surface area (Å²) in [6, 6.07) is -0.110. The first-order chi connectivity index (χ1) is 8.07. The van der Waals surface area contributed by atoms with Gasteiger partial charge in [-0.05, 0) is 33.2 Å². The molecule has 1 amide bonds. The Morgan fingerprint density at radius 1 is 1.47 bits per heavy atom. The molecule has 1 rings (SSSR count). The lowest BCUT2D eigenvalue weighted by Gasteiger charge is -2.28. The van der Waals surface area contributed by atoms with E-state index >= 15 is 0 Å². The van der Waals surface area contributed by atoms with E-state index in [4.69, 9.17) is 0 Å². The highest BCUT2D eigenvalue weighted by molar-refractivity contribution is 5.81. The molecule has 3 N–H and O–H groups in total. The molecule has 1 saturated heterocycles. The van der Waals surface area contributed by atoms with Crippen LogP contribution in [-0.2, 0) is 4.79 Å². The number of unbranched alkanes of at least 4 members (excludes halogenated alkanes) is 2. The largest absolute Gasteiger partial charge is 0.355 e. The second-order valence-electron chi connectivity index (χ2n) is 5.35. The minimum Gasteiger partial charge on any atom is -0.355 e. The van der Waals surface area contributed by atoms with Crippen LogP contribution in [0, 0.1) is 0 Å². The standard InChI is InChI=1S/C13H27N3O/c1-4-5-6-8-15-12(17)11(2)16-13(3)7-9-14-10-13/h11,14,16H,4-10H2,1-3H3,(H,15,17). The Kier molecular flexibility index (Phi) is 5.92. The van der Waals surface area contributed by atoms with Gasteiger partial charge in [-0.15, -0.1) is 0 Å². The van der Waals surface area contributed by atoms with Crippen LogP contribution in [0.3, 0.4) is 0 Å². The third-order valence-corrected chi connectivity index (χ3v) is 3.41. The molecule has 4 heteroatoms. The van der Waals surface area contributed by atoms with E-state index in [-0.39, 0.29) is 17.5 Å². The Morgan fingerprint density at radius 2 is 2.24 bits per heavy atom. The monoisotopic (exact) mass is 241 g/mol. The maximum atomic E-state index is 11.8. The Hall–Kier alpha value is -0.610. The van der Waals surface area contributed by atoms with Gasteiger partial charge in [0.25, 0.3) is 0 Å². The highest BCUT2D eigenvalue weighted by atomic mass is 16.2. The summed E-state index contributed by atoms with van der Waals surface area (Å²) in [6.45, 7) is 9.06. The number of carbonyl (C=O) groups excluding carboxylic acids is 1. The van der Waals surface area contributed by atoms with Crippen molar-refractivity contribution in [2.24, 2.45) is 0 Å². The highest BCUT2D eigenvalue weighted by Crippen LogP contribution is 2.13. The van der Waals surface area contributed by atoms with Gasteiger partial charge in [0.2, 0.25) is 5.91 Å². The van der Waals surface area contributed by atoms with Crippen molar-refractivity contribution in [2.45, 2.75) is 58.0 Å². The number of amides is 1. The molecule has 1 heterocycles. The van der Waals surface area contributed by atoms with Crippen LogP contribution in [-0.4, -0.2) is 37.1 Å². The minimum absolute atomic E-state index is 0.0696. The molecule has 4 nitrogen and oxygen atoms in total. The van der Waals surface area contributed by atoms with E-state index in [9.17, 15) is 4.79 Å². The van der Waals surface area contributed by atoms with E-state index in [1.807, 2.05) is 6.92 Å².